The molecule has 174 valence electrons. The van der Waals surface area contributed by atoms with E-state index in [9.17, 15) is 14.9 Å². The lowest BCUT2D eigenvalue weighted by atomic mass is 10.1. The third-order valence-corrected chi connectivity index (χ3v) is 6.45. The van der Waals surface area contributed by atoms with Crippen LogP contribution in [0.25, 0.3) is 17.3 Å². The molecule has 0 aliphatic heterocycles. The standard InChI is InChI=1S/C28H23N3O3S/c1-34-24-15-9-8-12-21(24)18-25-27(33)31(22-13-6-3-7-14-22)28(35-25)23(19-29)26(32)30-17-16-20-10-4-2-5-11-20/h2-15,18H,16-17H2,1H3,(H,30,32). The number of ether oxygens (including phenoxy) is 1. The Morgan fingerprint density at radius 3 is 2.37 bits per heavy atom. The first-order chi connectivity index (χ1) is 17.1. The van der Waals surface area contributed by atoms with Gasteiger partial charge in [-0.15, -0.1) is 11.3 Å². The molecule has 7 heteroatoms. The van der Waals surface area contributed by atoms with Crippen molar-refractivity contribution in [2.24, 2.45) is 0 Å². The molecule has 0 atom stereocenters. The number of nitrogens with one attached hydrogen (secondary N) is 1. The van der Waals surface area contributed by atoms with Crippen LogP contribution >= 0.6 is 11.3 Å². The van der Waals surface area contributed by atoms with Crippen LogP contribution in [0.15, 0.2) is 89.7 Å². The molecule has 4 aromatic rings. The smallest absolute Gasteiger partial charge is 0.273 e. The first-order valence-corrected chi connectivity index (χ1v) is 11.8. The zero-order chi connectivity index (χ0) is 24.6. The molecule has 0 radical (unpaired) electrons. The van der Waals surface area contributed by atoms with Crippen molar-refractivity contribution in [1.29, 1.82) is 5.26 Å². The summed E-state index contributed by atoms with van der Waals surface area (Å²) in [4.78, 5) is 26.5. The Balaban J connectivity index is 1.82. The van der Waals surface area contributed by atoms with Gasteiger partial charge in [-0.05, 0) is 36.3 Å². The molecular weight excluding hydrogens is 458 g/mol. The van der Waals surface area contributed by atoms with Crippen LogP contribution in [0.2, 0.25) is 0 Å². The van der Waals surface area contributed by atoms with E-state index in [0.717, 1.165) is 22.5 Å². The number of benzene rings is 3. The van der Waals surface area contributed by atoms with Gasteiger partial charge in [0.1, 0.15) is 16.5 Å². The average molecular weight is 482 g/mol. The van der Waals surface area contributed by atoms with Crippen molar-refractivity contribution in [2.75, 3.05) is 13.7 Å². The van der Waals surface area contributed by atoms with Gasteiger partial charge >= 0.3 is 0 Å². The Morgan fingerprint density at radius 1 is 1.03 bits per heavy atom. The van der Waals surface area contributed by atoms with Crippen molar-refractivity contribution < 1.29 is 9.53 Å². The number of nitriles is 1. The number of carbonyl (C=O) groups is 1. The number of nitrogens with zero attached hydrogens (tertiary/aromatic N) is 2. The van der Waals surface area contributed by atoms with Gasteiger partial charge in [0.25, 0.3) is 11.5 Å². The van der Waals surface area contributed by atoms with E-state index in [2.05, 4.69) is 5.32 Å². The van der Waals surface area contributed by atoms with Crippen molar-refractivity contribution in [3.05, 3.63) is 116 Å². The lowest BCUT2D eigenvalue weighted by Gasteiger charge is -2.06. The van der Waals surface area contributed by atoms with Crippen molar-refractivity contribution in [3.8, 4) is 17.5 Å². The molecule has 6 nitrogen and oxygen atoms in total. The van der Waals surface area contributed by atoms with Crippen LogP contribution in [-0.2, 0) is 11.2 Å². The minimum absolute atomic E-state index is 0.108. The lowest BCUT2D eigenvalue weighted by molar-refractivity contribution is -0.115. The largest absolute Gasteiger partial charge is 0.496 e. The van der Waals surface area contributed by atoms with Crippen LogP contribution < -0.4 is 24.8 Å². The highest BCUT2D eigenvalue weighted by Crippen LogP contribution is 2.17. The fraction of sp³-hybridized carbons (Fsp3) is 0.107. The molecule has 0 spiro atoms. The summed E-state index contributed by atoms with van der Waals surface area (Å²) in [7, 11) is 1.57. The second-order valence-electron chi connectivity index (χ2n) is 7.61. The van der Waals surface area contributed by atoms with E-state index in [4.69, 9.17) is 4.74 Å². The van der Waals surface area contributed by atoms with Gasteiger partial charge in [-0.3, -0.25) is 14.2 Å². The summed E-state index contributed by atoms with van der Waals surface area (Å²) in [6, 6.07) is 28.1. The predicted molar refractivity (Wildman–Crippen MR) is 138 cm³/mol. The SMILES string of the molecule is COc1ccccc1C=c1sc(=C(C#N)C(=O)NCCc2ccccc2)n(-c2ccccc2)c1=O. The summed E-state index contributed by atoms with van der Waals surface area (Å²) in [6.07, 6.45) is 2.35. The molecular formula is C28H23N3O3S. The Bertz CT molecular complexity index is 1550. The molecule has 1 N–H and O–H groups in total. The van der Waals surface area contributed by atoms with Crippen molar-refractivity contribution in [2.45, 2.75) is 6.42 Å². The molecule has 0 bridgehead atoms. The van der Waals surface area contributed by atoms with Crippen LogP contribution in [0.3, 0.4) is 0 Å². The number of rotatable bonds is 7. The van der Waals surface area contributed by atoms with Gasteiger partial charge in [-0.1, -0.05) is 66.7 Å². The van der Waals surface area contributed by atoms with Crippen molar-refractivity contribution in [3.63, 3.8) is 0 Å². The highest BCUT2D eigenvalue weighted by Gasteiger charge is 2.17. The van der Waals surface area contributed by atoms with Gasteiger partial charge in [-0.2, -0.15) is 5.26 Å². The minimum atomic E-state index is -0.516. The fourth-order valence-corrected chi connectivity index (χ4v) is 4.73. The van der Waals surface area contributed by atoms with Crippen molar-refractivity contribution in [1.82, 2.24) is 9.88 Å². The normalized spacial score (nSPS) is 12.1. The van der Waals surface area contributed by atoms with Gasteiger partial charge in [0.05, 0.1) is 17.3 Å². The van der Waals surface area contributed by atoms with Crippen LogP contribution in [0, 0.1) is 11.3 Å². The molecule has 0 fully saturated rings. The highest BCUT2D eigenvalue weighted by atomic mass is 32.1. The zero-order valence-corrected chi connectivity index (χ0v) is 19.9. The molecule has 1 amide bonds. The molecule has 0 saturated heterocycles. The summed E-state index contributed by atoms with van der Waals surface area (Å²) in [5, 5.41) is 12.7. The number of hydrogen-bond donors (Lipinski definition) is 1. The third kappa shape index (κ3) is 5.40. The van der Waals surface area contributed by atoms with Gasteiger partial charge < -0.3 is 10.1 Å². The molecule has 0 saturated carbocycles. The first kappa shape index (κ1) is 23.7. The fourth-order valence-electron chi connectivity index (χ4n) is 3.64. The van der Waals surface area contributed by atoms with Crippen molar-refractivity contribution >= 4 is 28.9 Å². The maximum Gasteiger partial charge on any atom is 0.273 e. The van der Waals surface area contributed by atoms with Crippen LogP contribution in [0.1, 0.15) is 11.1 Å². The van der Waals surface area contributed by atoms with E-state index in [0.29, 0.717) is 28.9 Å². The Hall–Kier alpha value is -4.41. The number of para-hydroxylation sites is 2. The Labute approximate surface area is 206 Å². The molecule has 1 aromatic heterocycles. The molecule has 1 heterocycles. The highest BCUT2D eigenvalue weighted by molar-refractivity contribution is 7.07. The molecule has 0 aliphatic rings. The number of aromatic nitrogens is 1. The van der Waals surface area contributed by atoms with Crippen LogP contribution in [-0.4, -0.2) is 24.1 Å². The van der Waals surface area contributed by atoms with Crippen LogP contribution in [0.5, 0.6) is 5.75 Å². The number of methoxy groups -OCH3 is 1. The van der Waals surface area contributed by atoms with Gasteiger partial charge in [0.2, 0.25) is 0 Å². The predicted octanol–water partition coefficient (Wildman–Crippen LogP) is 2.77. The van der Waals surface area contributed by atoms with Gasteiger partial charge in [-0.25, -0.2) is 0 Å². The summed E-state index contributed by atoms with van der Waals surface area (Å²) < 4.78 is 7.49. The van der Waals surface area contributed by atoms with E-state index in [1.807, 2.05) is 66.7 Å². The maximum atomic E-state index is 13.5. The van der Waals surface area contributed by atoms with E-state index in [-0.39, 0.29) is 15.8 Å². The molecule has 0 aliphatic carbocycles. The average Bonchev–Trinajstić information content (AvgIpc) is 3.21. The Morgan fingerprint density at radius 2 is 1.69 bits per heavy atom. The summed E-state index contributed by atoms with van der Waals surface area (Å²) in [5.74, 6) is 0.106. The quantitative estimate of drug-likeness (QED) is 0.440. The molecule has 35 heavy (non-hydrogen) atoms. The van der Waals surface area contributed by atoms with E-state index in [1.54, 1.807) is 37.5 Å². The van der Waals surface area contributed by atoms with E-state index >= 15 is 0 Å². The molecule has 0 unspecified atom stereocenters. The lowest BCUT2D eigenvalue weighted by Crippen LogP contribution is -2.34. The number of carbonyl (C=O) groups excluding carboxylic acids is 1. The number of amides is 1. The van der Waals surface area contributed by atoms with Gasteiger partial charge in [0.15, 0.2) is 5.57 Å². The van der Waals surface area contributed by atoms with Crippen LogP contribution in [0.4, 0.5) is 0 Å². The topological polar surface area (TPSA) is 84.1 Å². The molecule has 4 rings (SSSR count). The number of hydrogen-bond acceptors (Lipinski definition) is 5. The van der Waals surface area contributed by atoms with E-state index < -0.39 is 5.91 Å². The summed E-state index contributed by atoms with van der Waals surface area (Å²) >= 11 is 1.10. The number of thiazole rings is 1. The molecule has 3 aromatic carbocycles. The summed E-state index contributed by atoms with van der Waals surface area (Å²) in [5.41, 5.74) is 1.96. The van der Waals surface area contributed by atoms with E-state index in [1.165, 1.54) is 4.57 Å². The maximum absolute atomic E-state index is 13.5. The monoisotopic (exact) mass is 481 g/mol. The third-order valence-electron chi connectivity index (χ3n) is 5.36. The van der Waals surface area contributed by atoms with Gasteiger partial charge in [0, 0.05) is 12.1 Å². The second kappa shape index (κ2) is 11.1. The summed E-state index contributed by atoms with van der Waals surface area (Å²) in [6.45, 7) is 0.370. The first-order valence-electron chi connectivity index (χ1n) is 11.0. The zero-order valence-electron chi connectivity index (χ0n) is 19.1. The minimum Gasteiger partial charge on any atom is -0.496 e. The Kier molecular flexibility index (Phi) is 7.56. The second-order valence-corrected chi connectivity index (χ2v) is 8.64.